The number of hydrogen-bond donors (Lipinski definition) is 1. The molecule has 0 aliphatic rings. The summed E-state index contributed by atoms with van der Waals surface area (Å²) in [6.07, 6.45) is 0. The number of anilines is 1. The molecule has 3 aromatic carbocycles. The van der Waals surface area contributed by atoms with Gasteiger partial charge >= 0.3 is 0 Å². The highest BCUT2D eigenvalue weighted by Gasteiger charge is 2.14. The summed E-state index contributed by atoms with van der Waals surface area (Å²) in [6.45, 7) is 2.46. The van der Waals surface area contributed by atoms with Crippen LogP contribution in [0.2, 0.25) is 5.02 Å². The van der Waals surface area contributed by atoms with E-state index in [2.05, 4.69) is 48.8 Å². The average Bonchev–Trinajstić information content (AvgIpc) is 3.14. The number of fused-ring (bicyclic) bond motifs is 1. The standard InChI is InChI=1S/C22H15BrClIN2O3/c1-2-29-19-7-3-12(9-16(19)23)21(28)26-14-5-8-20-18(11-14)27-22(30-20)15-10-13(25)4-6-17(15)24/h3-11H,2H2,1H3,(H,26,28). The molecule has 0 unspecified atom stereocenters. The summed E-state index contributed by atoms with van der Waals surface area (Å²) in [5.41, 5.74) is 3.10. The van der Waals surface area contributed by atoms with Crippen molar-refractivity contribution in [2.75, 3.05) is 11.9 Å². The minimum atomic E-state index is -0.234. The number of aromatic nitrogens is 1. The van der Waals surface area contributed by atoms with Crippen LogP contribution >= 0.6 is 50.1 Å². The molecule has 0 saturated carbocycles. The molecule has 1 amide bonds. The third-order valence-electron chi connectivity index (χ3n) is 4.30. The summed E-state index contributed by atoms with van der Waals surface area (Å²) >= 11 is 11.9. The lowest BCUT2D eigenvalue weighted by Gasteiger charge is -2.09. The Morgan fingerprint density at radius 2 is 2.03 bits per heavy atom. The molecule has 0 aliphatic carbocycles. The molecule has 4 rings (SSSR count). The van der Waals surface area contributed by atoms with Crippen molar-refractivity contribution >= 4 is 72.8 Å². The van der Waals surface area contributed by atoms with E-state index in [0.29, 0.717) is 45.6 Å². The van der Waals surface area contributed by atoms with Crippen LogP contribution < -0.4 is 10.1 Å². The van der Waals surface area contributed by atoms with E-state index in [1.165, 1.54) is 0 Å². The smallest absolute Gasteiger partial charge is 0.255 e. The number of carbonyl (C=O) groups is 1. The topological polar surface area (TPSA) is 64.4 Å². The Balaban J connectivity index is 1.59. The second kappa shape index (κ2) is 8.95. The van der Waals surface area contributed by atoms with Gasteiger partial charge in [0.05, 0.1) is 21.7 Å². The monoisotopic (exact) mass is 596 g/mol. The number of ether oxygens (including phenoxy) is 1. The van der Waals surface area contributed by atoms with Gasteiger partial charge in [0.25, 0.3) is 5.91 Å². The second-order valence-corrected chi connectivity index (χ2v) is 8.87. The lowest BCUT2D eigenvalue weighted by molar-refractivity contribution is 0.102. The first kappa shape index (κ1) is 21.1. The van der Waals surface area contributed by atoms with Crippen LogP contribution in [0.3, 0.4) is 0 Å². The van der Waals surface area contributed by atoms with E-state index >= 15 is 0 Å². The minimum Gasteiger partial charge on any atom is -0.493 e. The van der Waals surface area contributed by atoms with Crippen molar-refractivity contribution in [2.45, 2.75) is 6.92 Å². The molecule has 1 heterocycles. The Bertz CT molecular complexity index is 1260. The molecular formula is C22H15BrClIN2O3. The number of benzene rings is 3. The normalized spacial score (nSPS) is 10.9. The van der Waals surface area contributed by atoms with Crippen LogP contribution in [-0.4, -0.2) is 17.5 Å². The molecule has 0 fully saturated rings. The van der Waals surface area contributed by atoms with Gasteiger partial charge in [0, 0.05) is 14.8 Å². The molecule has 1 N–H and O–H groups in total. The maximum atomic E-state index is 12.6. The molecule has 0 atom stereocenters. The average molecular weight is 598 g/mol. The summed E-state index contributed by atoms with van der Waals surface area (Å²) in [5, 5.41) is 3.46. The van der Waals surface area contributed by atoms with Gasteiger partial charge in [-0.1, -0.05) is 11.6 Å². The highest BCUT2D eigenvalue weighted by molar-refractivity contribution is 14.1. The molecule has 152 valence electrons. The van der Waals surface area contributed by atoms with Crippen molar-refractivity contribution in [3.63, 3.8) is 0 Å². The van der Waals surface area contributed by atoms with Crippen molar-refractivity contribution in [2.24, 2.45) is 0 Å². The molecular weight excluding hydrogens is 583 g/mol. The Labute approximate surface area is 200 Å². The van der Waals surface area contributed by atoms with Crippen molar-refractivity contribution in [1.82, 2.24) is 4.98 Å². The van der Waals surface area contributed by atoms with Gasteiger partial charge < -0.3 is 14.5 Å². The number of oxazole rings is 1. The first-order valence-corrected chi connectivity index (χ1v) is 11.3. The largest absolute Gasteiger partial charge is 0.493 e. The van der Waals surface area contributed by atoms with E-state index in [1.807, 2.05) is 25.1 Å². The maximum Gasteiger partial charge on any atom is 0.255 e. The summed E-state index contributed by atoms with van der Waals surface area (Å²) in [5.74, 6) is 0.898. The zero-order valence-electron chi connectivity index (χ0n) is 15.7. The first-order chi connectivity index (χ1) is 14.4. The molecule has 0 spiro atoms. The second-order valence-electron chi connectivity index (χ2n) is 6.36. The van der Waals surface area contributed by atoms with Crippen molar-refractivity contribution in [3.8, 4) is 17.2 Å². The molecule has 0 aliphatic heterocycles. The van der Waals surface area contributed by atoms with E-state index in [4.69, 9.17) is 20.8 Å². The Kier molecular flexibility index (Phi) is 6.31. The van der Waals surface area contributed by atoms with Gasteiger partial charge in [-0.3, -0.25) is 4.79 Å². The van der Waals surface area contributed by atoms with E-state index in [-0.39, 0.29) is 5.91 Å². The molecule has 1 aromatic heterocycles. The third kappa shape index (κ3) is 4.48. The third-order valence-corrected chi connectivity index (χ3v) is 5.92. The summed E-state index contributed by atoms with van der Waals surface area (Å²) < 4.78 is 13.1. The van der Waals surface area contributed by atoms with E-state index < -0.39 is 0 Å². The predicted molar refractivity (Wildman–Crippen MR) is 130 cm³/mol. The molecule has 0 radical (unpaired) electrons. The molecule has 8 heteroatoms. The lowest BCUT2D eigenvalue weighted by Crippen LogP contribution is -2.12. The van der Waals surface area contributed by atoms with Crippen molar-refractivity contribution < 1.29 is 13.9 Å². The summed E-state index contributed by atoms with van der Waals surface area (Å²) in [6, 6.07) is 16.2. The van der Waals surface area contributed by atoms with E-state index in [0.717, 1.165) is 13.6 Å². The van der Waals surface area contributed by atoms with Gasteiger partial charge in [-0.15, -0.1) is 0 Å². The number of carbonyl (C=O) groups excluding carboxylic acids is 1. The zero-order chi connectivity index (χ0) is 21.3. The predicted octanol–water partition coefficient (Wildman–Crippen LogP) is 7.17. The number of rotatable bonds is 5. The number of halogens is 3. The van der Waals surface area contributed by atoms with Crippen LogP contribution in [0.1, 0.15) is 17.3 Å². The summed E-state index contributed by atoms with van der Waals surface area (Å²) in [7, 11) is 0. The van der Waals surface area contributed by atoms with Gasteiger partial charge in [-0.2, -0.15) is 0 Å². The van der Waals surface area contributed by atoms with Gasteiger partial charge in [-0.25, -0.2) is 4.98 Å². The van der Waals surface area contributed by atoms with Crippen LogP contribution in [0.5, 0.6) is 5.75 Å². The first-order valence-electron chi connectivity index (χ1n) is 9.04. The van der Waals surface area contributed by atoms with Crippen molar-refractivity contribution in [1.29, 1.82) is 0 Å². The number of amides is 1. The minimum absolute atomic E-state index is 0.234. The van der Waals surface area contributed by atoms with Crippen LogP contribution in [0.4, 0.5) is 5.69 Å². The highest BCUT2D eigenvalue weighted by atomic mass is 127. The fraction of sp³-hybridized carbons (Fsp3) is 0.0909. The Morgan fingerprint density at radius 3 is 2.80 bits per heavy atom. The van der Waals surface area contributed by atoms with Gasteiger partial charge in [0.2, 0.25) is 5.89 Å². The molecule has 4 aromatic rings. The highest BCUT2D eigenvalue weighted by Crippen LogP contribution is 2.32. The van der Waals surface area contributed by atoms with E-state index in [1.54, 1.807) is 36.4 Å². The number of nitrogens with zero attached hydrogens (tertiary/aromatic N) is 1. The number of nitrogens with one attached hydrogen (secondary N) is 1. The van der Waals surface area contributed by atoms with Crippen LogP contribution in [0.15, 0.2) is 63.5 Å². The molecule has 30 heavy (non-hydrogen) atoms. The van der Waals surface area contributed by atoms with Crippen LogP contribution in [0.25, 0.3) is 22.6 Å². The zero-order valence-corrected chi connectivity index (χ0v) is 20.2. The van der Waals surface area contributed by atoms with Crippen molar-refractivity contribution in [3.05, 3.63) is 73.2 Å². The Morgan fingerprint density at radius 1 is 1.20 bits per heavy atom. The quantitative estimate of drug-likeness (QED) is 0.248. The van der Waals surface area contributed by atoms with Gasteiger partial charge in [-0.05, 0) is 100 Å². The fourth-order valence-electron chi connectivity index (χ4n) is 2.90. The molecule has 0 saturated heterocycles. The fourth-order valence-corrected chi connectivity index (χ4v) is 4.08. The van der Waals surface area contributed by atoms with Gasteiger partial charge in [0.15, 0.2) is 5.58 Å². The molecule has 0 bridgehead atoms. The maximum absolute atomic E-state index is 12.6. The van der Waals surface area contributed by atoms with E-state index in [9.17, 15) is 4.79 Å². The SMILES string of the molecule is CCOc1ccc(C(=O)Nc2ccc3oc(-c4cc(I)ccc4Cl)nc3c2)cc1Br. The van der Waals surface area contributed by atoms with Gasteiger partial charge in [0.1, 0.15) is 11.3 Å². The lowest BCUT2D eigenvalue weighted by atomic mass is 10.2. The molecule has 5 nitrogen and oxygen atoms in total. The summed E-state index contributed by atoms with van der Waals surface area (Å²) in [4.78, 5) is 17.2. The van der Waals surface area contributed by atoms with Crippen LogP contribution in [-0.2, 0) is 0 Å². The number of hydrogen-bond acceptors (Lipinski definition) is 4. The Hall–Kier alpha value is -2.10. The van der Waals surface area contributed by atoms with Crippen LogP contribution in [0, 0.1) is 3.57 Å².